The van der Waals surface area contributed by atoms with Gasteiger partial charge in [-0.05, 0) is 59.4 Å². The summed E-state index contributed by atoms with van der Waals surface area (Å²) in [6, 6.07) is 1.19. The molecule has 4 heteroatoms. The minimum absolute atomic E-state index is 0.584. The van der Waals surface area contributed by atoms with Gasteiger partial charge in [0.15, 0.2) is 5.96 Å². The molecule has 1 aliphatic rings. The van der Waals surface area contributed by atoms with Crippen LogP contribution in [0, 0.1) is 5.92 Å². The van der Waals surface area contributed by atoms with E-state index in [-0.39, 0.29) is 0 Å². The summed E-state index contributed by atoms with van der Waals surface area (Å²) < 4.78 is 0. The van der Waals surface area contributed by atoms with Crippen LogP contribution < -0.4 is 10.6 Å². The van der Waals surface area contributed by atoms with Crippen LogP contribution in [0.25, 0.3) is 0 Å². The maximum atomic E-state index is 4.70. The van der Waals surface area contributed by atoms with E-state index in [0.29, 0.717) is 12.1 Å². The van der Waals surface area contributed by atoms with Crippen molar-refractivity contribution in [3.63, 3.8) is 0 Å². The Balaban J connectivity index is 2.38. The Hall–Kier alpha value is -0.770. The summed E-state index contributed by atoms with van der Waals surface area (Å²) in [5.74, 6) is 1.89. The highest BCUT2D eigenvalue weighted by molar-refractivity contribution is 5.80. The van der Waals surface area contributed by atoms with Crippen LogP contribution in [0.15, 0.2) is 4.99 Å². The predicted molar refractivity (Wildman–Crippen MR) is 88.3 cm³/mol. The molecule has 1 rings (SSSR count). The van der Waals surface area contributed by atoms with Crippen molar-refractivity contribution in [2.75, 3.05) is 26.7 Å². The fraction of sp³-hybridized carbons (Fsp3) is 0.938. The Morgan fingerprint density at radius 1 is 1.25 bits per heavy atom. The third-order valence-corrected chi connectivity index (χ3v) is 4.31. The normalized spacial score (nSPS) is 24.2. The quantitative estimate of drug-likeness (QED) is 0.581. The Labute approximate surface area is 125 Å². The van der Waals surface area contributed by atoms with Crippen molar-refractivity contribution < 1.29 is 0 Å². The zero-order chi connectivity index (χ0) is 15.0. The van der Waals surface area contributed by atoms with E-state index in [2.05, 4.69) is 50.3 Å². The molecule has 1 saturated carbocycles. The molecule has 0 spiro atoms. The highest BCUT2D eigenvalue weighted by Gasteiger charge is 2.18. The monoisotopic (exact) mass is 282 g/mol. The van der Waals surface area contributed by atoms with Gasteiger partial charge in [0, 0.05) is 25.2 Å². The first kappa shape index (κ1) is 17.3. The topological polar surface area (TPSA) is 39.7 Å². The van der Waals surface area contributed by atoms with Gasteiger partial charge in [-0.2, -0.15) is 0 Å². The van der Waals surface area contributed by atoms with E-state index in [1.54, 1.807) is 0 Å². The molecule has 0 unspecified atom stereocenters. The van der Waals surface area contributed by atoms with Crippen molar-refractivity contribution in [2.24, 2.45) is 10.9 Å². The highest BCUT2D eigenvalue weighted by atomic mass is 15.2. The number of rotatable bonds is 6. The fourth-order valence-electron chi connectivity index (χ4n) is 2.50. The van der Waals surface area contributed by atoms with Crippen LogP contribution in [0.4, 0.5) is 0 Å². The van der Waals surface area contributed by atoms with Crippen LogP contribution in [0.5, 0.6) is 0 Å². The standard InChI is InChI=1S/C16H34N4/c1-6-17-16(18-11-12-20(5)13(2)3)19-15-9-7-14(4)8-10-15/h13-15H,6-12H2,1-5H3,(H2,17,18,19). The second kappa shape index (κ2) is 9.22. The molecule has 0 atom stereocenters. The SMILES string of the molecule is CCNC(=NCCN(C)C(C)C)NC1CCC(C)CC1. The maximum Gasteiger partial charge on any atom is 0.191 e. The van der Waals surface area contributed by atoms with Crippen molar-refractivity contribution in [3.05, 3.63) is 0 Å². The lowest BCUT2D eigenvalue weighted by Crippen LogP contribution is -2.45. The van der Waals surface area contributed by atoms with Gasteiger partial charge < -0.3 is 15.5 Å². The van der Waals surface area contributed by atoms with E-state index >= 15 is 0 Å². The zero-order valence-electron chi connectivity index (χ0n) is 14.1. The second-order valence-electron chi connectivity index (χ2n) is 6.44. The lowest BCUT2D eigenvalue weighted by Gasteiger charge is -2.28. The molecule has 2 N–H and O–H groups in total. The van der Waals surface area contributed by atoms with E-state index in [1.165, 1.54) is 25.7 Å². The molecule has 4 nitrogen and oxygen atoms in total. The summed E-state index contributed by atoms with van der Waals surface area (Å²) in [7, 11) is 2.16. The van der Waals surface area contributed by atoms with Crippen LogP contribution >= 0.6 is 0 Å². The van der Waals surface area contributed by atoms with Crippen molar-refractivity contribution in [3.8, 4) is 0 Å². The average Bonchev–Trinajstić information content (AvgIpc) is 2.41. The van der Waals surface area contributed by atoms with E-state index in [1.807, 2.05) is 0 Å². The average molecular weight is 282 g/mol. The van der Waals surface area contributed by atoms with Gasteiger partial charge in [-0.3, -0.25) is 4.99 Å². The Morgan fingerprint density at radius 2 is 1.90 bits per heavy atom. The number of likely N-dealkylation sites (N-methyl/N-ethyl adjacent to an activating group) is 1. The molecule has 0 heterocycles. The lowest BCUT2D eigenvalue weighted by molar-refractivity contribution is 0.281. The number of nitrogens with zero attached hydrogens (tertiary/aromatic N) is 2. The number of guanidine groups is 1. The molecule has 0 radical (unpaired) electrons. The largest absolute Gasteiger partial charge is 0.357 e. The lowest BCUT2D eigenvalue weighted by atomic mass is 9.87. The number of aliphatic imine (C=N–C) groups is 1. The molecule has 20 heavy (non-hydrogen) atoms. The van der Waals surface area contributed by atoms with E-state index in [4.69, 9.17) is 4.99 Å². The van der Waals surface area contributed by atoms with Gasteiger partial charge in [-0.15, -0.1) is 0 Å². The van der Waals surface area contributed by atoms with E-state index < -0.39 is 0 Å². The minimum atomic E-state index is 0.584. The molecule has 1 aliphatic carbocycles. The van der Waals surface area contributed by atoms with Crippen molar-refractivity contribution in [1.82, 2.24) is 15.5 Å². The number of hydrogen-bond donors (Lipinski definition) is 2. The zero-order valence-corrected chi connectivity index (χ0v) is 14.1. The summed E-state index contributed by atoms with van der Waals surface area (Å²) in [6.07, 6.45) is 5.23. The summed E-state index contributed by atoms with van der Waals surface area (Å²) in [4.78, 5) is 7.03. The van der Waals surface area contributed by atoms with Gasteiger partial charge in [-0.1, -0.05) is 6.92 Å². The molecule has 0 bridgehead atoms. The van der Waals surface area contributed by atoms with Gasteiger partial charge in [-0.25, -0.2) is 0 Å². The van der Waals surface area contributed by atoms with Gasteiger partial charge in [0.05, 0.1) is 6.54 Å². The summed E-state index contributed by atoms with van der Waals surface area (Å²) in [5, 5.41) is 6.97. The van der Waals surface area contributed by atoms with Crippen molar-refractivity contribution in [1.29, 1.82) is 0 Å². The Morgan fingerprint density at radius 3 is 2.45 bits per heavy atom. The minimum Gasteiger partial charge on any atom is -0.357 e. The van der Waals surface area contributed by atoms with Gasteiger partial charge >= 0.3 is 0 Å². The molecule has 1 fully saturated rings. The maximum absolute atomic E-state index is 4.70. The first-order chi connectivity index (χ1) is 9.52. The Kier molecular flexibility index (Phi) is 7.97. The van der Waals surface area contributed by atoms with Crippen LogP contribution in [0.2, 0.25) is 0 Å². The van der Waals surface area contributed by atoms with Gasteiger partial charge in [0.2, 0.25) is 0 Å². The molecule has 0 aromatic heterocycles. The highest BCUT2D eigenvalue weighted by Crippen LogP contribution is 2.23. The van der Waals surface area contributed by atoms with Crippen molar-refractivity contribution in [2.45, 2.75) is 65.5 Å². The van der Waals surface area contributed by atoms with Crippen LogP contribution in [0.1, 0.15) is 53.4 Å². The third kappa shape index (κ3) is 6.60. The molecule has 0 aromatic carbocycles. The molecule has 118 valence electrons. The van der Waals surface area contributed by atoms with E-state index in [9.17, 15) is 0 Å². The number of nitrogens with one attached hydrogen (secondary N) is 2. The smallest absolute Gasteiger partial charge is 0.191 e. The summed E-state index contributed by atoms with van der Waals surface area (Å²) in [5.41, 5.74) is 0. The first-order valence-corrected chi connectivity index (χ1v) is 8.28. The third-order valence-electron chi connectivity index (χ3n) is 4.31. The van der Waals surface area contributed by atoms with Crippen LogP contribution in [0.3, 0.4) is 0 Å². The fourth-order valence-corrected chi connectivity index (χ4v) is 2.50. The molecule has 0 amide bonds. The van der Waals surface area contributed by atoms with E-state index in [0.717, 1.165) is 31.5 Å². The van der Waals surface area contributed by atoms with Gasteiger partial charge in [0.1, 0.15) is 0 Å². The molecule has 0 saturated heterocycles. The van der Waals surface area contributed by atoms with Crippen LogP contribution in [-0.2, 0) is 0 Å². The molecule has 0 aliphatic heterocycles. The summed E-state index contributed by atoms with van der Waals surface area (Å²) in [6.45, 7) is 11.7. The van der Waals surface area contributed by atoms with Gasteiger partial charge in [0.25, 0.3) is 0 Å². The molecular weight excluding hydrogens is 248 g/mol. The summed E-state index contributed by atoms with van der Waals surface area (Å²) >= 11 is 0. The predicted octanol–water partition coefficient (Wildman–Crippen LogP) is 2.46. The first-order valence-electron chi connectivity index (χ1n) is 8.28. The molecular formula is C16H34N4. The Bertz CT molecular complexity index is 280. The second-order valence-corrected chi connectivity index (χ2v) is 6.44. The molecule has 0 aromatic rings. The number of hydrogen-bond acceptors (Lipinski definition) is 2. The van der Waals surface area contributed by atoms with Crippen LogP contribution in [-0.4, -0.2) is 49.6 Å². The van der Waals surface area contributed by atoms with Crippen molar-refractivity contribution >= 4 is 5.96 Å².